The van der Waals surface area contributed by atoms with Crippen molar-refractivity contribution in [3.63, 3.8) is 0 Å². The van der Waals surface area contributed by atoms with Crippen molar-refractivity contribution in [1.82, 2.24) is 0 Å². The minimum absolute atomic E-state index is 0.0770. The van der Waals surface area contributed by atoms with Gasteiger partial charge in [0, 0.05) is 6.42 Å². The Balaban J connectivity index is 3.19. The van der Waals surface area contributed by atoms with Crippen LogP contribution in [0.2, 0.25) is 0 Å². The van der Waals surface area contributed by atoms with Crippen LogP contribution in [-0.2, 0) is 9.53 Å². The molecule has 0 aromatic rings. The fourth-order valence-corrected chi connectivity index (χ4v) is 2.56. The first-order valence-corrected chi connectivity index (χ1v) is 9.69. The SMILES string of the molecule is CCCCCCC=CC=CCCCCCCCCCC(=O)OC. The largest absolute Gasteiger partial charge is 0.469 e. The lowest BCUT2D eigenvalue weighted by Crippen LogP contribution is -1.99. The monoisotopic (exact) mass is 322 g/mol. The molecule has 0 atom stereocenters. The molecule has 134 valence electrons. The highest BCUT2D eigenvalue weighted by Gasteiger charge is 1.98. The maximum absolute atomic E-state index is 10.9. The van der Waals surface area contributed by atoms with Gasteiger partial charge in [0.05, 0.1) is 7.11 Å². The predicted molar refractivity (Wildman–Crippen MR) is 101 cm³/mol. The number of unbranched alkanes of at least 4 members (excludes halogenated alkanes) is 11. The van der Waals surface area contributed by atoms with E-state index in [1.54, 1.807) is 0 Å². The summed E-state index contributed by atoms with van der Waals surface area (Å²) in [7, 11) is 1.46. The van der Waals surface area contributed by atoms with Crippen LogP contribution in [0.5, 0.6) is 0 Å². The van der Waals surface area contributed by atoms with Gasteiger partial charge in [-0.1, -0.05) is 82.6 Å². The van der Waals surface area contributed by atoms with Crippen molar-refractivity contribution >= 4 is 5.97 Å². The summed E-state index contributed by atoms with van der Waals surface area (Å²) in [4.78, 5) is 10.9. The zero-order valence-electron chi connectivity index (χ0n) is 15.5. The highest BCUT2D eigenvalue weighted by Crippen LogP contribution is 2.10. The number of hydrogen-bond acceptors (Lipinski definition) is 2. The van der Waals surface area contributed by atoms with Crippen molar-refractivity contribution in [3.8, 4) is 0 Å². The standard InChI is InChI=1S/C21H38O2/c1-3-4-5-6-7-8-9-10-11-12-13-14-15-16-17-18-19-20-21(22)23-2/h8-11H,3-7,12-20H2,1-2H3. The Kier molecular flexibility index (Phi) is 18.1. The number of rotatable bonds is 16. The van der Waals surface area contributed by atoms with Crippen LogP contribution in [0.3, 0.4) is 0 Å². The average Bonchev–Trinajstić information content (AvgIpc) is 2.57. The van der Waals surface area contributed by atoms with E-state index in [4.69, 9.17) is 0 Å². The van der Waals surface area contributed by atoms with E-state index in [1.807, 2.05) is 0 Å². The number of carbonyl (C=O) groups is 1. The Labute approximate surface area is 144 Å². The van der Waals surface area contributed by atoms with Gasteiger partial charge >= 0.3 is 5.97 Å². The molecule has 0 N–H and O–H groups in total. The molecule has 0 rings (SSSR count). The minimum Gasteiger partial charge on any atom is -0.469 e. The van der Waals surface area contributed by atoms with Gasteiger partial charge in [0.2, 0.25) is 0 Å². The lowest BCUT2D eigenvalue weighted by atomic mass is 10.1. The zero-order chi connectivity index (χ0) is 17.0. The first-order chi connectivity index (χ1) is 11.3. The van der Waals surface area contributed by atoms with Crippen LogP contribution in [0.1, 0.15) is 96.8 Å². The second kappa shape index (κ2) is 19.0. The fourth-order valence-electron chi connectivity index (χ4n) is 2.56. The lowest BCUT2D eigenvalue weighted by Gasteiger charge is -2.01. The number of ether oxygens (including phenoxy) is 1. The van der Waals surface area contributed by atoms with Crippen LogP contribution in [0.25, 0.3) is 0 Å². The molecule has 0 spiro atoms. The second-order valence-corrected chi connectivity index (χ2v) is 6.30. The number of esters is 1. The van der Waals surface area contributed by atoms with E-state index >= 15 is 0 Å². The molecule has 2 heteroatoms. The van der Waals surface area contributed by atoms with Gasteiger partial charge < -0.3 is 4.74 Å². The third-order valence-corrected chi connectivity index (χ3v) is 4.09. The van der Waals surface area contributed by atoms with Crippen molar-refractivity contribution in [1.29, 1.82) is 0 Å². The van der Waals surface area contributed by atoms with Crippen LogP contribution in [0, 0.1) is 0 Å². The Bertz CT molecular complexity index is 305. The van der Waals surface area contributed by atoms with Gasteiger partial charge in [-0.3, -0.25) is 4.79 Å². The predicted octanol–water partition coefficient (Wildman–Crippen LogP) is 6.75. The Morgan fingerprint density at radius 1 is 0.739 bits per heavy atom. The van der Waals surface area contributed by atoms with E-state index in [0.29, 0.717) is 6.42 Å². The van der Waals surface area contributed by atoms with Gasteiger partial charge in [-0.05, 0) is 32.1 Å². The summed E-state index contributed by atoms with van der Waals surface area (Å²) < 4.78 is 4.63. The number of hydrogen-bond donors (Lipinski definition) is 0. The molecule has 2 nitrogen and oxygen atoms in total. The van der Waals surface area contributed by atoms with Gasteiger partial charge in [-0.15, -0.1) is 0 Å². The first kappa shape index (κ1) is 21.9. The molecule has 0 aromatic carbocycles. The summed E-state index contributed by atoms with van der Waals surface area (Å²) in [5.41, 5.74) is 0. The molecule has 0 heterocycles. The molecule has 0 aliphatic rings. The molecule has 0 aliphatic heterocycles. The molecule has 0 saturated carbocycles. The molecule has 0 amide bonds. The molecule has 0 aliphatic carbocycles. The van der Waals surface area contributed by atoms with E-state index in [-0.39, 0.29) is 5.97 Å². The quantitative estimate of drug-likeness (QED) is 0.178. The van der Waals surface area contributed by atoms with Gasteiger partial charge in [0.1, 0.15) is 0 Å². The van der Waals surface area contributed by atoms with Crippen LogP contribution < -0.4 is 0 Å². The summed E-state index contributed by atoms with van der Waals surface area (Å²) in [5, 5.41) is 0. The molecule has 0 saturated heterocycles. The molecule has 23 heavy (non-hydrogen) atoms. The molecular weight excluding hydrogens is 284 g/mol. The third kappa shape index (κ3) is 18.9. The molecule has 0 radical (unpaired) electrons. The van der Waals surface area contributed by atoms with E-state index in [2.05, 4.69) is 36.0 Å². The van der Waals surface area contributed by atoms with Gasteiger partial charge in [-0.2, -0.15) is 0 Å². The van der Waals surface area contributed by atoms with E-state index in [0.717, 1.165) is 12.8 Å². The third-order valence-electron chi connectivity index (χ3n) is 4.09. The maximum Gasteiger partial charge on any atom is 0.305 e. The summed E-state index contributed by atoms with van der Waals surface area (Å²) >= 11 is 0. The van der Waals surface area contributed by atoms with Gasteiger partial charge in [-0.25, -0.2) is 0 Å². The van der Waals surface area contributed by atoms with E-state index in [1.165, 1.54) is 77.7 Å². The van der Waals surface area contributed by atoms with Gasteiger partial charge in [0.15, 0.2) is 0 Å². The maximum atomic E-state index is 10.9. The zero-order valence-corrected chi connectivity index (χ0v) is 15.5. The number of methoxy groups -OCH3 is 1. The molecular formula is C21H38O2. The van der Waals surface area contributed by atoms with Crippen LogP contribution in [0.4, 0.5) is 0 Å². The fraction of sp³-hybridized carbons (Fsp3) is 0.762. The van der Waals surface area contributed by atoms with Crippen molar-refractivity contribution in [2.45, 2.75) is 96.8 Å². The smallest absolute Gasteiger partial charge is 0.305 e. The number of allylic oxidation sites excluding steroid dienone is 4. The Morgan fingerprint density at radius 2 is 1.22 bits per heavy atom. The lowest BCUT2D eigenvalue weighted by molar-refractivity contribution is -0.140. The summed E-state index contributed by atoms with van der Waals surface area (Å²) in [6, 6.07) is 0. The van der Waals surface area contributed by atoms with Crippen molar-refractivity contribution in [3.05, 3.63) is 24.3 Å². The van der Waals surface area contributed by atoms with Crippen LogP contribution in [0.15, 0.2) is 24.3 Å². The summed E-state index contributed by atoms with van der Waals surface area (Å²) in [6.07, 6.45) is 26.0. The van der Waals surface area contributed by atoms with Crippen LogP contribution in [-0.4, -0.2) is 13.1 Å². The van der Waals surface area contributed by atoms with E-state index in [9.17, 15) is 4.79 Å². The minimum atomic E-state index is -0.0770. The van der Waals surface area contributed by atoms with Gasteiger partial charge in [0.25, 0.3) is 0 Å². The first-order valence-electron chi connectivity index (χ1n) is 9.69. The van der Waals surface area contributed by atoms with E-state index < -0.39 is 0 Å². The normalized spacial score (nSPS) is 11.6. The highest BCUT2D eigenvalue weighted by molar-refractivity contribution is 5.68. The Morgan fingerprint density at radius 3 is 1.74 bits per heavy atom. The van der Waals surface area contributed by atoms with Crippen LogP contribution >= 0.6 is 0 Å². The molecule has 0 aromatic heterocycles. The highest BCUT2D eigenvalue weighted by atomic mass is 16.5. The molecule has 0 fully saturated rings. The number of carbonyl (C=O) groups excluding carboxylic acids is 1. The summed E-state index contributed by atoms with van der Waals surface area (Å²) in [5.74, 6) is -0.0770. The summed E-state index contributed by atoms with van der Waals surface area (Å²) in [6.45, 7) is 2.25. The Hall–Kier alpha value is -1.05. The second-order valence-electron chi connectivity index (χ2n) is 6.30. The topological polar surface area (TPSA) is 26.3 Å². The van der Waals surface area contributed by atoms with Crippen molar-refractivity contribution in [2.24, 2.45) is 0 Å². The van der Waals surface area contributed by atoms with Crippen molar-refractivity contribution in [2.75, 3.05) is 7.11 Å². The molecule has 0 bridgehead atoms. The molecule has 0 unspecified atom stereocenters. The van der Waals surface area contributed by atoms with Crippen molar-refractivity contribution < 1.29 is 9.53 Å². The average molecular weight is 323 g/mol.